The number of rotatable bonds is 8. The average molecular weight is 402 g/mol. The lowest BCUT2D eigenvalue weighted by molar-refractivity contribution is -0.119. The Balaban J connectivity index is 1.70. The number of carbonyl (C=O) groups excluding carboxylic acids is 2. The molecule has 8 nitrogen and oxygen atoms in total. The van der Waals surface area contributed by atoms with Crippen molar-refractivity contribution in [3.63, 3.8) is 0 Å². The molecule has 3 N–H and O–H groups in total. The number of carbonyl (C=O) groups is 2. The summed E-state index contributed by atoms with van der Waals surface area (Å²) >= 11 is 8.33. The third-order valence-electron chi connectivity index (χ3n) is 2.74. The zero-order chi connectivity index (χ0) is 18.1. The summed E-state index contributed by atoms with van der Waals surface area (Å²) in [5.74, 6) is -0.667. The monoisotopic (exact) mass is 401 g/mol. The molecule has 0 atom stereocenters. The maximum atomic E-state index is 11.8. The van der Waals surface area contributed by atoms with Gasteiger partial charge in [-0.3, -0.25) is 20.4 Å². The Labute approximate surface area is 157 Å². The van der Waals surface area contributed by atoms with E-state index in [1.165, 1.54) is 23.1 Å². The number of aromatic nitrogens is 2. The molecule has 2 aromatic rings. The average Bonchev–Trinajstić information content (AvgIpc) is 3.06. The van der Waals surface area contributed by atoms with Gasteiger partial charge in [-0.25, -0.2) is 0 Å². The summed E-state index contributed by atoms with van der Waals surface area (Å²) in [6.45, 7) is 1.20. The van der Waals surface area contributed by atoms with E-state index >= 15 is 0 Å². The molecule has 25 heavy (non-hydrogen) atoms. The number of hydrogen-bond donors (Lipinski definition) is 3. The first-order valence-corrected chi connectivity index (χ1v) is 9.30. The largest absolute Gasteiger partial charge is 0.383 e. The van der Waals surface area contributed by atoms with Crippen LogP contribution in [0, 0.1) is 0 Å². The molecular weight excluding hydrogens is 386 g/mol. The van der Waals surface area contributed by atoms with Gasteiger partial charge in [-0.1, -0.05) is 34.7 Å². The van der Waals surface area contributed by atoms with Crippen LogP contribution in [0.15, 0.2) is 28.6 Å². The lowest BCUT2D eigenvalue weighted by Crippen LogP contribution is -2.42. The maximum Gasteiger partial charge on any atom is 0.269 e. The summed E-state index contributed by atoms with van der Waals surface area (Å²) in [6, 6.07) is 6.33. The van der Waals surface area contributed by atoms with Crippen LogP contribution in [0.1, 0.15) is 10.4 Å². The highest BCUT2D eigenvalue weighted by atomic mass is 35.5. The van der Waals surface area contributed by atoms with Gasteiger partial charge in [0.1, 0.15) is 0 Å². The van der Waals surface area contributed by atoms with E-state index in [0.29, 0.717) is 33.2 Å². The van der Waals surface area contributed by atoms with Crippen molar-refractivity contribution < 1.29 is 14.3 Å². The van der Waals surface area contributed by atoms with Crippen molar-refractivity contribution in [3.05, 3.63) is 34.9 Å². The van der Waals surface area contributed by atoms with Crippen LogP contribution in [0.4, 0.5) is 5.13 Å². The number of benzene rings is 1. The second-order valence-electron chi connectivity index (χ2n) is 4.59. The Hall–Kier alpha value is -1.88. The summed E-state index contributed by atoms with van der Waals surface area (Å²) in [4.78, 5) is 23.6. The van der Waals surface area contributed by atoms with E-state index in [1.807, 2.05) is 0 Å². The molecule has 2 rings (SSSR count). The summed E-state index contributed by atoms with van der Waals surface area (Å²) in [5, 5.41) is 12.2. The Morgan fingerprint density at radius 3 is 2.72 bits per heavy atom. The second kappa shape index (κ2) is 10.2. The fourth-order valence-corrected chi connectivity index (χ4v) is 3.27. The molecule has 0 saturated carbocycles. The summed E-state index contributed by atoms with van der Waals surface area (Å²) < 4.78 is 5.58. The number of ether oxygens (including phenoxy) is 1. The quantitative estimate of drug-likeness (QED) is 0.352. The third-order valence-corrected chi connectivity index (χ3v) is 5.00. The number of hydrazine groups is 1. The van der Waals surface area contributed by atoms with Crippen molar-refractivity contribution in [1.82, 2.24) is 21.0 Å². The molecule has 0 aliphatic heterocycles. The van der Waals surface area contributed by atoms with Gasteiger partial charge in [-0.05, 0) is 24.3 Å². The minimum atomic E-state index is -0.421. The van der Waals surface area contributed by atoms with E-state index in [9.17, 15) is 9.59 Å². The molecule has 0 saturated heterocycles. The van der Waals surface area contributed by atoms with Crippen LogP contribution < -0.4 is 16.2 Å². The fourth-order valence-electron chi connectivity index (χ4n) is 1.56. The minimum absolute atomic E-state index is 0.105. The Morgan fingerprint density at radius 1 is 1.24 bits per heavy atom. The number of methoxy groups -OCH3 is 1. The van der Waals surface area contributed by atoms with Gasteiger partial charge in [0.2, 0.25) is 11.0 Å². The molecule has 0 unspecified atom stereocenters. The molecule has 1 aromatic carbocycles. The van der Waals surface area contributed by atoms with E-state index in [4.69, 9.17) is 16.3 Å². The van der Waals surface area contributed by atoms with Gasteiger partial charge in [0.25, 0.3) is 5.91 Å². The molecule has 134 valence electrons. The molecule has 1 heterocycles. The molecule has 0 radical (unpaired) electrons. The highest BCUT2D eigenvalue weighted by Crippen LogP contribution is 2.24. The normalized spacial score (nSPS) is 10.3. The van der Waals surface area contributed by atoms with Gasteiger partial charge in [-0.2, -0.15) is 0 Å². The van der Waals surface area contributed by atoms with Gasteiger partial charge >= 0.3 is 0 Å². The zero-order valence-electron chi connectivity index (χ0n) is 13.2. The highest BCUT2D eigenvalue weighted by Gasteiger charge is 2.10. The van der Waals surface area contributed by atoms with Gasteiger partial charge in [0, 0.05) is 24.2 Å². The molecule has 0 fully saturated rings. The first-order chi connectivity index (χ1) is 12.1. The van der Waals surface area contributed by atoms with Gasteiger partial charge in [0.05, 0.1) is 12.4 Å². The van der Waals surface area contributed by atoms with Gasteiger partial charge < -0.3 is 10.1 Å². The summed E-state index contributed by atoms with van der Waals surface area (Å²) in [7, 11) is 1.62. The lowest BCUT2D eigenvalue weighted by Gasteiger charge is -2.06. The Morgan fingerprint density at radius 2 is 2.00 bits per heavy atom. The minimum Gasteiger partial charge on any atom is -0.383 e. The summed E-state index contributed by atoms with van der Waals surface area (Å²) in [6.07, 6.45) is 0. The van der Waals surface area contributed by atoms with Crippen LogP contribution in [0.2, 0.25) is 5.02 Å². The van der Waals surface area contributed by atoms with Crippen molar-refractivity contribution in [3.8, 4) is 0 Å². The second-order valence-corrected chi connectivity index (χ2v) is 7.23. The van der Waals surface area contributed by atoms with E-state index in [1.54, 1.807) is 31.4 Å². The number of anilines is 1. The maximum absolute atomic E-state index is 11.8. The SMILES string of the molecule is COCCNc1nnc(SCC(=O)NNC(=O)c2ccc(Cl)cc2)s1. The van der Waals surface area contributed by atoms with Crippen molar-refractivity contribution >= 4 is 51.6 Å². The number of amides is 2. The predicted octanol–water partition coefficient (Wildman–Crippen LogP) is 1.80. The van der Waals surface area contributed by atoms with E-state index in [0.717, 1.165) is 0 Å². The van der Waals surface area contributed by atoms with Crippen LogP contribution in [0.3, 0.4) is 0 Å². The lowest BCUT2D eigenvalue weighted by atomic mass is 10.2. The molecule has 1 aromatic heterocycles. The molecular formula is C14H16ClN5O3S2. The first-order valence-electron chi connectivity index (χ1n) is 7.12. The van der Waals surface area contributed by atoms with Crippen LogP contribution in [-0.4, -0.2) is 48.0 Å². The number of halogens is 1. The van der Waals surface area contributed by atoms with Crippen molar-refractivity contribution in [2.75, 3.05) is 31.3 Å². The highest BCUT2D eigenvalue weighted by molar-refractivity contribution is 8.01. The fraction of sp³-hybridized carbons (Fsp3) is 0.286. The molecule has 0 spiro atoms. The number of nitrogens with zero attached hydrogens (tertiary/aromatic N) is 2. The van der Waals surface area contributed by atoms with Crippen LogP contribution in [0.25, 0.3) is 0 Å². The third kappa shape index (κ3) is 6.86. The summed E-state index contributed by atoms with van der Waals surface area (Å²) in [5.41, 5.74) is 5.08. The van der Waals surface area contributed by atoms with Crippen LogP contribution in [0.5, 0.6) is 0 Å². The van der Waals surface area contributed by atoms with Crippen molar-refractivity contribution in [1.29, 1.82) is 0 Å². The number of thioether (sulfide) groups is 1. The van der Waals surface area contributed by atoms with Gasteiger partial charge in [0.15, 0.2) is 4.34 Å². The topological polar surface area (TPSA) is 105 Å². The molecule has 11 heteroatoms. The van der Waals surface area contributed by atoms with Crippen molar-refractivity contribution in [2.24, 2.45) is 0 Å². The molecule has 2 amide bonds. The smallest absolute Gasteiger partial charge is 0.269 e. The number of nitrogens with one attached hydrogen (secondary N) is 3. The van der Waals surface area contributed by atoms with Crippen molar-refractivity contribution in [2.45, 2.75) is 4.34 Å². The number of hydrogen-bond acceptors (Lipinski definition) is 8. The Kier molecular flexibility index (Phi) is 7.92. The molecule has 0 aliphatic carbocycles. The molecule has 0 bridgehead atoms. The predicted molar refractivity (Wildman–Crippen MR) is 98.1 cm³/mol. The van der Waals surface area contributed by atoms with Gasteiger partial charge in [-0.15, -0.1) is 10.2 Å². The zero-order valence-corrected chi connectivity index (χ0v) is 15.6. The van der Waals surface area contributed by atoms with E-state index in [-0.39, 0.29) is 11.7 Å². The van der Waals surface area contributed by atoms with E-state index < -0.39 is 5.91 Å². The van der Waals surface area contributed by atoms with Crippen LogP contribution in [-0.2, 0) is 9.53 Å². The first kappa shape index (κ1) is 19.4. The van der Waals surface area contributed by atoms with E-state index in [2.05, 4.69) is 26.4 Å². The molecule has 0 aliphatic rings. The Bertz CT molecular complexity index is 711. The van der Waals surface area contributed by atoms with Crippen LogP contribution >= 0.6 is 34.7 Å². The standard InChI is InChI=1S/C14H16ClN5O3S2/c1-23-7-6-16-13-19-20-14(25-13)24-8-11(21)17-18-12(22)9-2-4-10(15)5-3-9/h2-5H,6-8H2,1H3,(H,16,19)(H,17,21)(H,18,22).